The van der Waals surface area contributed by atoms with Crippen LogP contribution in [0.5, 0.6) is 0 Å². The van der Waals surface area contributed by atoms with Gasteiger partial charge in [-0.05, 0) is 38.3 Å². The van der Waals surface area contributed by atoms with Crippen molar-refractivity contribution >= 4 is 5.91 Å². The second-order valence-electron chi connectivity index (χ2n) is 4.66. The Bertz CT molecular complexity index is 203. The molecule has 4 nitrogen and oxygen atoms in total. The largest absolute Gasteiger partial charge is 0.391 e. The summed E-state index contributed by atoms with van der Waals surface area (Å²) in [5.41, 5.74) is 0. The fourth-order valence-corrected chi connectivity index (χ4v) is 2.10. The van der Waals surface area contributed by atoms with Gasteiger partial charge >= 0.3 is 0 Å². The first-order chi connectivity index (χ1) is 7.72. The topological polar surface area (TPSA) is 61.4 Å². The van der Waals surface area contributed by atoms with Gasteiger partial charge in [-0.1, -0.05) is 13.3 Å². The first-order valence-electron chi connectivity index (χ1n) is 6.37. The first kappa shape index (κ1) is 13.5. The van der Waals surface area contributed by atoms with Crippen LogP contribution in [0.2, 0.25) is 0 Å². The summed E-state index contributed by atoms with van der Waals surface area (Å²) in [5, 5.41) is 15.6. The summed E-state index contributed by atoms with van der Waals surface area (Å²) in [6, 6.07) is 0. The van der Waals surface area contributed by atoms with Gasteiger partial charge in [-0.15, -0.1) is 0 Å². The molecule has 0 bridgehead atoms. The summed E-state index contributed by atoms with van der Waals surface area (Å²) in [6.07, 6.45) is 4.20. The van der Waals surface area contributed by atoms with Gasteiger partial charge in [-0.25, -0.2) is 0 Å². The molecule has 0 radical (unpaired) electrons. The Morgan fingerprint density at radius 3 is 3.06 bits per heavy atom. The zero-order valence-electron chi connectivity index (χ0n) is 10.2. The minimum Gasteiger partial charge on any atom is -0.391 e. The van der Waals surface area contributed by atoms with Crippen LogP contribution < -0.4 is 10.6 Å². The van der Waals surface area contributed by atoms with Crippen LogP contribution >= 0.6 is 0 Å². The zero-order chi connectivity index (χ0) is 11.8. The summed E-state index contributed by atoms with van der Waals surface area (Å²) in [4.78, 5) is 11.6. The summed E-state index contributed by atoms with van der Waals surface area (Å²) in [7, 11) is 0. The highest BCUT2D eigenvalue weighted by Crippen LogP contribution is 2.13. The van der Waals surface area contributed by atoms with Crippen LogP contribution in [0.4, 0.5) is 0 Å². The Balaban J connectivity index is 2.10. The van der Waals surface area contributed by atoms with E-state index in [1.54, 1.807) is 0 Å². The molecule has 1 aliphatic heterocycles. The molecule has 4 heteroatoms. The molecule has 0 spiro atoms. The van der Waals surface area contributed by atoms with Crippen molar-refractivity contribution in [2.24, 2.45) is 5.92 Å². The van der Waals surface area contributed by atoms with Crippen molar-refractivity contribution < 1.29 is 9.90 Å². The highest BCUT2D eigenvalue weighted by Gasteiger charge is 2.16. The number of hydrogen-bond donors (Lipinski definition) is 3. The van der Waals surface area contributed by atoms with E-state index >= 15 is 0 Å². The molecule has 0 aliphatic carbocycles. The third-order valence-electron chi connectivity index (χ3n) is 3.03. The molecule has 0 aromatic rings. The number of aliphatic hydroxyl groups excluding tert-OH is 1. The molecule has 16 heavy (non-hydrogen) atoms. The monoisotopic (exact) mass is 228 g/mol. The van der Waals surface area contributed by atoms with E-state index < -0.39 is 6.10 Å². The van der Waals surface area contributed by atoms with E-state index in [2.05, 4.69) is 10.6 Å². The highest BCUT2D eigenvalue weighted by molar-refractivity contribution is 5.76. The lowest BCUT2D eigenvalue weighted by atomic mass is 9.96. The molecule has 1 aliphatic rings. The number of hydrogen-bond acceptors (Lipinski definition) is 3. The molecule has 0 saturated carbocycles. The van der Waals surface area contributed by atoms with Crippen molar-refractivity contribution in [3.8, 4) is 0 Å². The molecule has 1 saturated heterocycles. The predicted molar refractivity (Wildman–Crippen MR) is 64.1 cm³/mol. The Hall–Kier alpha value is -0.610. The lowest BCUT2D eigenvalue weighted by Crippen LogP contribution is -2.36. The van der Waals surface area contributed by atoms with Gasteiger partial charge in [0.2, 0.25) is 5.91 Å². The molecule has 2 atom stereocenters. The second kappa shape index (κ2) is 7.63. The van der Waals surface area contributed by atoms with E-state index in [0.29, 0.717) is 18.9 Å². The summed E-state index contributed by atoms with van der Waals surface area (Å²) in [6.45, 7) is 4.45. The lowest BCUT2D eigenvalue weighted by molar-refractivity contribution is -0.122. The average Bonchev–Trinajstić information content (AvgIpc) is 2.28. The van der Waals surface area contributed by atoms with E-state index in [1.807, 2.05) is 6.92 Å². The van der Waals surface area contributed by atoms with Crippen LogP contribution in [0, 0.1) is 5.92 Å². The number of piperidine rings is 1. The van der Waals surface area contributed by atoms with Crippen molar-refractivity contribution in [3.05, 3.63) is 0 Å². The Morgan fingerprint density at radius 2 is 2.44 bits per heavy atom. The molecule has 94 valence electrons. The number of carbonyl (C=O) groups excluding carboxylic acids is 1. The minimum atomic E-state index is -0.390. The molecule has 0 aromatic carbocycles. The summed E-state index contributed by atoms with van der Waals surface area (Å²) in [5.74, 6) is 0.543. The Kier molecular flexibility index (Phi) is 6.42. The molecular formula is C12H24N2O2. The van der Waals surface area contributed by atoms with Crippen LogP contribution in [0.25, 0.3) is 0 Å². The van der Waals surface area contributed by atoms with Gasteiger partial charge in [0.1, 0.15) is 0 Å². The van der Waals surface area contributed by atoms with Crippen LogP contribution in [0.1, 0.15) is 39.0 Å². The van der Waals surface area contributed by atoms with E-state index in [1.165, 1.54) is 0 Å². The summed E-state index contributed by atoms with van der Waals surface area (Å²) < 4.78 is 0. The van der Waals surface area contributed by atoms with E-state index in [9.17, 15) is 9.90 Å². The average molecular weight is 228 g/mol. The number of carbonyl (C=O) groups is 1. The van der Waals surface area contributed by atoms with Gasteiger partial charge in [-0.2, -0.15) is 0 Å². The number of aliphatic hydroxyl groups is 1. The fourth-order valence-electron chi connectivity index (χ4n) is 2.10. The molecular weight excluding hydrogens is 204 g/mol. The molecule has 1 heterocycles. The molecule has 1 fully saturated rings. The Labute approximate surface area is 97.8 Å². The number of rotatable bonds is 6. The third kappa shape index (κ3) is 5.47. The highest BCUT2D eigenvalue weighted by atomic mass is 16.3. The van der Waals surface area contributed by atoms with Crippen LogP contribution in [0.15, 0.2) is 0 Å². The standard InChI is InChI=1S/C12H24N2O2/c1-2-4-11(15)9-14-12(16)7-10-5-3-6-13-8-10/h10-11,13,15H,2-9H2,1H3,(H,14,16). The van der Waals surface area contributed by atoms with Crippen LogP contribution in [-0.4, -0.2) is 36.8 Å². The van der Waals surface area contributed by atoms with Gasteiger partial charge in [0, 0.05) is 13.0 Å². The molecule has 3 N–H and O–H groups in total. The van der Waals surface area contributed by atoms with E-state index in [4.69, 9.17) is 0 Å². The van der Waals surface area contributed by atoms with Crippen molar-refractivity contribution in [2.75, 3.05) is 19.6 Å². The molecule has 0 aromatic heterocycles. The molecule has 2 unspecified atom stereocenters. The summed E-state index contributed by atoms with van der Waals surface area (Å²) >= 11 is 0. The lowest BCUT2D eigenvalue weighted by Gasteiger charge is -2.22. The zero-order valence-corrected chi connectivity index (χ0v) is 10.2. The van der Waals surface area contributed by atoms with Crippen molar-refractivity contribution in [2.45, 2.75) is 45.1 Å². The first-order valence-corrected chi connectivity index (χ1v) is 6.37. The van der Waals surface area contributed by atoms with Gasteiger partial charge in [-0.3, -0.25) is 4.79 Å². The van der Waals surface area contributed by atoms with Gasteiger partial charge in [0.15, 0.2) is 0 Å². The van der Waals surface area contributed by atoms with Gasteiger partial charge in [0.05, 0.1) is 6.10 Å². The van der Waals surface area contributed by atoms with Gasteiger partial charge in [0.25, 0.3) is 0 Å². The Morgan fingerprint density at radius 1 is 1.62 bits per heavy atom. The van der Waals surface area contributed by atoms with E-state index in [0.717, 1.165) is 38.8 Å². The predicted octanol–water partition coefficient (Wildman–Crippen LogP) is 0.653. The molecule has 1 amide bonds. The van der Waals surface area contributed by atoms with Crippen LogP contribution in [0.3, 0.4) is 0 Å². The smallest absolute Gasteiger partial charge is 0.220 e. The quantitative estimate of drug-likeness (QED) is 0.625. The maximum Gasteiger partial charge on any atom is 0.220 e. The number of amides is 1. The maximum atomic E-state index is 11.6. The van der Waals surface area contributed by atoms with Crippen molar-refractivity contribution in [3.63, 3.8) is 0 Å². The second-order valence-corrected chi connectivity index (χ2v) is 4.66. The van der Waals surface area contributed by atoms with Crippen molar-refractivity contribution in [1.82, 2.24) is 10.6 Å². The minimum absolute atomic E-state index is 0.0730. The van der Waals surface area contributed by atoms with Gasteiger partial charge < -0.3 is 15.7 Å². The SMILES string of the molecule is CCCC(O)CNC(=O)CC1CCCNC1. The normalized spacial score (nSPS) is 22.8. The van der Waals surface area contributed by atoms with Crippen molar-refractivity contribution in [1.29, 1.82) is 0 Å². The molecule has 1 rings (SSSR count). The van der Waals surface area contributed by atoms with E-state index in [-0.39, 0.29) is 5.91 Å². The maximum absolute atomic E-state index is 11.6. The third-order valence-corrected chi connectivity index (χ3v) is 3.03. The van der Waals surface area contributed by atoms with Crippen LogP contribution in [-0.2, 0) is 4.79 Å². The number of nitrogens with one attached hydrogen (secondary N) is 2. The fraction of sp³-hybridized carbons (Fsp3) is 0.917.